The topological polar surface area (TPSA) is 58.8 Å². The third-order valence-electron chi connectivity index (χ3n) is 2.85. The highest BCUT2D eigenvalue weighted by Gasteiger charge is 2.12. The molecule has 1 rings (SSSR count). The first-order chi connectivity index (χ1) is 7.68. The molecule has 16 heavy (non-hydrogen) atoms. The van der Waals surface area contributed by atoms with Gasteiger partial charge in [0.25, 0.3) is 0 Å². The summed E-state index contributed by atoms with van der Waals surface area (Å²) in [5.74, 6) is -0.390. The molecule has 0 radical (unpaired) electrons. The average Bonchev–Trinajstić information content (AvgIpc) is 2.25. The Kier molecular flexibility index (Phi) is 6.37. The molecule has 0 bridgehead atoms. The maximum absolute atomic E-state index is 10.4. The fraction of sp³-hybridized carbons (Fsp3) is 0.909. The molecule has 0 aliphatic carbocycles. The van der Waals surface area contributed by atoms with Crippen molar-refractivity contribution in [1.29, 1.82) is 0 Å². The van der Waals surface area contributed by atoms with Crippen LogP contribution in [0.3, 0.4) is 0 Å². The first-order valence-corrected chi connectivity index (χ1v) is 5.95. The highest BCUT2D eigenvalue weighted by molar-refractivity contribution is 5.74. The van der Waals surface area contributed by atoms with Gasteiger partial charge < -0.3 is 20.3 Å². The van der Waals surface area contributed by atoms with Gasteiger partial charge in [-0.05, 0) is 26.4 Å². The van der Waals surface area contributed by atoms with E-state index in [9.17, 15) is 4.79 Å². The molecule has 2 N–H and O–H groups in total. The summed E-state index contributed by atoms with van der Waals surface area (Å²) in [6.45, 7) is 6.48. The zero-order valence-corrected chi connectivity index (χ0v) is 10.2. The first-order valence-electron chi connectivity index (χ1n) is 5.95. The minimum Gasteiger partial charge on any atom is -0.372 e. The van der Waals surface area contributed by atoms with Gasteiger partial charge in [0.05, 0.1) is 0 Å². The summed E-state index contributed by atoms with van der Waals surface area (Å²) in [4.78, 5) is 15.2. The Balaban J connectivity index is 1.89. The summed E-state index contributed by atoms with van der Waals surface area (Å²) < 4.78 is 5.10. The van der Waals surface area contributed by atoms with Crippen LogP contribution in [0.4, 0.5) is 0 Å². The minimum atomic E-state index is -0.390. The van der Waals surface area contributed by atoms with Gasteiger partial charge in [0.15, 0.2) is 0 Å². The van der Waals surface area contributed by atoms with E-state index >= 15 is 0 Å². The summed E-state index contributed by atoms with van der Waals surface area (Å²) in [6, 6.07) is 0. The molecule has 94 valence electrons. The molecule has 0 unspecified atom stereocenters. The van der Waals surface area contributed by atoms with E-state index in [4.69, 9.17) is 10.5 Å². The summed E-state index contributed by atoms with van der Waals surface area (Å²) in [5.41, 5.74) is 4.96. The maximum Gasteiger partial charge on any atom is 0.243 e. The van der Waals surface area contributed by atoms with Crippen molar-refractivity contribution in [3.8, 4) is 0 Å². The van der Waals surface area contributed by atoms with Gasteiger partial charge in [-0.3, -0.25) is 4.79 Å². The number of nitrogens with two attached hydrogens (primary N) is 1. The van der Waals surface area contributed by atoms with Crippen LogP contribution in [-0.4, -0.2) is 68.7 Å². The SMILES string of the molecule is CN1CCN(CCCCOCC(N)=O)CC1. The third kappa shape index (κ3) is 6.05. The zero-order chi connectivity index (χ0) is 11.8. The highest BCUT2D eigenvalue weighted by atomic mass is 16.5. The number of carbonyl (C=O) groups excluding carboxylic acids is 1. The standard InChI is InChI=1S/C11H23N3O2/c1-13-5-7-14(8-6-13)4-2-3-9-16-10-11(12)15/h2-10H2,1H3,(H2,12,15). The number of ether oxygens (including phenoxy) is 1. The lowest BCUT2D eigenvalue weighted by molar-refractivity contribution is -0.122. The van der Waals surface area contributed by atoms with Crippen LogP contribution in [0.1, 0.15) is 12.8 Å². The van der Waals surface area contributed by atoms with Crippen LogP contribution >= 0.6 is 0 Å². The van der Waals surface area contributed by atoms with Crippen molar-refractivity contribution in [2.75, 3.05) is 53.0 Å². The zero-order valence-electron chi connectivity index (χ0n) is 10.2. The van der Waals surface area contributed by atoms with Gasteiger partial charge in [-0.2, -0.15) is 0 Å². The second-order valence-corrected chi connectivity index (χ2v) is 4.37. The van der Waals surface area contributed by atoms with Crippen LogP contribution in [0, 0.1) is 0 Å². The van der Waals surface area contributed by atoms with Crippen molar-refractivity contribution in [2.45, 2.75) is 12.8 Å². The van der Waals surface area contributed by atoms with E-state index in [0.29, 0.717) is 6.61 Å². The lowest BCUT2D eigenvalue weighted by atomic mass is 10.2. The van der Waals surface area contributed by atoms with Crippen LogP contribution in [0.2, 0.25) is 0 Å². The molecular weight excluding hydrogens is 206 g/mol. The number of rotatable bonds is 7. The fourth-order valence-corrected chi connectivity index (χ4v) is 1.78. The fourth-order valence-electron chi connectivity index (χ4n) is 1.78. The molecule has 1 aliphatic rings. The van der Waals surface area contributed by atoms with Crippen molar-refractivity contribution in [2.24, 2.45) is 5.73 Å². The molecule has 0 spiro atoms. The molecule has 0 aromatic carbocycles. The van der Waals surface area contributed by atoms with Crippen molar-refractivity contribution in [3.05, 3.63) is 0 Å². The van der Waals surface area contributed by atoms with Crippen LogP contribution < -0.4 is 5.73 Å². The normalized spacial score (nSPS) is 18.8. The number of amides is 1. The number of unbranched alkanes of at least 4 members (excludes halogenated alkanes) is 1. The first kappa shape index (κ1) is 13.4. The maximum atomic E-state index is 10.4. The van der Waals surface area contributed by atoms with Gasteiger partial charge in [-0.15, -0.1) is 0 Å². The van der Waals surface area contributed by atoms with Gasteiger partial charge in [-0.1, -0.05) is 0 Å². The second-order valence-electron chi connectivity index (χ2n) is 4.37. The van der Waals surface area contributed by atoms with Gasteiger partial charge in [0.2, 0.25) is 5.91 Å². The van der Waals surface area contributed by atoms with Gasteiger partial charge in [0.1, 0.15) is 6.61 Å². The van der Waals surface area contributed by atoms with E-state index in [1.54, 1.807) is 0 Å². The molecular formula is C11H23N3O2. The predicted molar refractivity (Wildman–Crippen MR) is 63.2 cm³/mol. The summed E-state index contributed by atoms with van der Waals surface area (Å²) in [7, 11) is 2.16. The lowest BCUT2D eigenvalue weighted by Gasteiger charge is -2.32. The van der Waals surface area contributed by atoms with E-state index in [2.05, 4.69) is 16.8 Å². The van der Waals surface area contributed by atoms with Crippen LogP contribution in [0.15, 0.2) is 0 Å². The van der Waals surface area contributed by atoms with Crippen LogP contribution in [0.5, 0.6) is 0 Å². The third-order valence-corrected chi connectivity index (χ3v) is 2.85. The molecule has 0 aromatic rings. The number of likely N-dealkylation sites (N-methyl/N-ethyl adjacent to an activating group) is 1. The number of hydrogen-bond acceptors (Lipinski definition) is 4. The number of primary amides is 1. The summed E-state index contributed by atoms with van der Waals surface area (Å²) in [6.07, 6.45) is 2.13. The monoisotopic (exact) mass is 229 g/mol. The number of carbonyl (C=O) groups is 1. The highest BCUT2D eigenvalue weighted by Crippen LogP contribution is 2.01. The quantitative estimate of drug-likeness (QED) is 0.599. The van der Waals surface area contributed by atoms with Crippen molar-refractivity contribution in [1.82, 2.24) is 9.80 Å². The second kappa shape index (κ2) is 7.60. The van der Waals surface area contributed by atoms with Crippen molar-refractivity contribution < 1.29 is 9.53 Å². The Bertz CT molecular complexity index is 203. The Morgan fingerprint density at radius 2 is 1.94 bits per heavy atom. The largest absolute Gasteiger partial charge is 0.372 e. The average molecular weight is 229 g/mol. The Morgan fingerprint density at radius 3 is 2.56 bits per heavy atom. The van der Waals surface area contributed by atoms with Gasteiger partial charge in [-0.25, -0.2) is 0 Å². The van der Waals surface area contributed by atoms with Crippen LogP contribution in [-0.2, 0) is 9.53 Å². The van der Waals surface area contributed by atoms with Gasteiger partial charge in [0, 0.05) is 32.8 Å². The van der Waals surface area contributed by atoms with E-state index in [1.807, 2.05) is 0 Å². The lowest BCUT2D eigenvalue weighted by Crippen LogP contribution is -2.44. The molecule has 1 amide bonds. The summed E-state index contributed by atoms with van der Waals surface area (Å²) in [5, 5.41) is 0. The molecule has 1 aliphatic heterocycles. The molecule has 0 atom stereocenters. The Morgan fingerprint density at radius 1 is 1.25 bits per heavy atom. The smallest absolute Gasteiger partial charge is 0.243 e. The molecule has 0 saturated carbocycles. The number of hydrogen-bond donors (Lipinski definition) is 1. The summed E-state index contributed by atoms with van der Waals surface area (Å²) >= 11 is 0. The number of piperazine rings is 1. The minimum absolute atomic E-state index is 0.0501. The van der Waals surface area contributed by atoms with Crippen molar-refractivity contribution >= 4 is 5.91 Å². The van der Waals surface area contributed by atoms with E-state index in [-0.39, 0.29) is 12.5 Å². The van der Waals surface area contributed by atoms with E-state index in [0.717, 1.165) is 32.5 Å². The molecule has 1 heterocycles. The molecule has 1 fully saturated rings. The Hall–Kier alpha value is -0.650. The van der Waals surface area contributed by atoms with E-state index in [1.165, 1.54) is 13.1 Å². The molecule has 1 saturated heterocycles. The van der Waals surface area contributed by atoms with Crippen LogP contribution in [0.25, 0.3) is 0 Å². The predicted octanol–water partition coefficient (Wildman–Crippen LogP) is -0.484. The molecule has 5 nitrogen and oxygen atoms in total. The molecule has 0 aromatic heterocycles. The molecule has 5 heteroatoms. The van der Waals surface area contributed by atoms with E-state index < -0.39 is 0 Å². The Labute approximate surface area is 97.5 Å². The van der Waals surface area contributed by atoms with Crippen molar-refractivity contribution in [3.63, 3.8) is 0 Å². The van der Waals surface area contributed by atoms with Gasteiger partial charge >= 0.3 is 0 Å². The number of nitrogens with zero attached hydrogens (tertiary/aromatic N) is 2.